The van der Waals surface area contributed by atoms with E-state index in [1.165, 1.54) is 4.31 Å². The van der Waals surface area contributed by atoms with Gasteiger partial charge in [0.1, 0.15) is 10.7 Å². The summed E-state index contributed by atoms with van der Waals surface area (Å²) in [4.78, 5) is 13.3. The second kappa shape index (κ2) is 9.46. The van der Waals surface area contributed by atoms with E-state index in [0.717, 1.165) is 33.2 Å². The number of benzene rings is 1. The van der Waals surface area contributed by atoms with E-state index in [-0.39, 0.29) is 4.90 Å². The number of nitrogens with one attached hydrogen (secondary N) is 1. The second-order valence-electron chi connectivity index (χ2n) is 7.94. The van der Waals surface area contributed by atoms with Crippen LogP contribution in [0.1, 0.15) is 6.92 Å². The summed E-state index contributed by atoms with van der Waals surface area (Å²) in [7, 11) is -3.73. The molecule has 4 heterocycles. The highest BCUT2D eigenvalue weighted by Gasteiger charge is 2.29. The first-order valence-corrected chi connectivity index (χ1v) is 12.6. The minimum Gasteiger partial charge on any atom is -0.379 e. The van der Waals surface area contributed by atoms with Crippen LogP contribution in [0.2, 0.25) is 0 Å². The lowest BCUT2D eigenvalue weighted by Gasteiger charge is -2.27. The molecule has 0 radical (unpaired) electrons. The number of anilines is 1. The molecule has 1 aromatic carbocycles. The zero-order chi connectivity index (χ0) is 23.5. The molecule has 0 saturated carbocycles. The molecule has 174 valence electrons. The third-order valence-electron chi connectivity index (χ3n) is 5.85. The number of aromatic nitrogens is 3. The Bertz CT molecular complexity index is 1420. The maximum Gasteiger partial charge on any atom is 0.246 e. The lowest BCUT2D eigenvalue weighted by atomic mass is 9.98. The van der Waals surface area contributed by atoms with Crippen molar-refractivity contribution in [2.45, 2.75) is 11.8 Å². The molecule has 8 nitrogen and oxygen atoms in total. The van der Waals surface area contributed by atoms with E-state index in [1.54, 1.807) is 30.9 Å². The molecule has 0 bridgehead atoms. The molecule has 34 heavy (non-hydrogen) atoms. The molecule has 0 aliphatic carbocycles. The van der Waals surface area contributed by atoms with Crippen LogP contribution in [0.3, 0.4) is 0 Å². The summed E-state index contributed by atoms with van der Waals surface area (Å²) >= 11 is 0. The Kier molecular flexibility index (Phi) is 6.23. The van der Waals surface area contributed by atoms with Crippen LogP contribution in [0.25, 0.3) is 33.2 Å². The third-order valence-corrected chi connectivity index (χ3v) is 7.76. The fourth-order valence-corrected chi connectivity index (χ4v) is 5.69. The normalized spacial score (nSPS) is 14.9. The molecule has 0 spiro atoms. The molecule has 1 aliphatic heterocycles. The van der Waals surface area contributed by atoms with Crippen LogP contribution in [0.4, 0.5) is 5.82 Å². The Morgan fingerprint density at radius 2 is 1.74 bits per heavy atom. The summed E-state index contributed by atoms with van der Waals surface area (Å²) in [6, 6.07) is 13.5. The third kappa shape index (κ3) is 4.25. The summed E-state index contributed by atoms with van der Waals surface area (Å²) in [6.45, 7) is 3.91. The number of hydrogen-bond acceptors (Lipinski definition) is 7. The second-order valence-corrected chi connectivity index (χ2v) is 9.85. The number of sulfonamides is 1. The summed E-state index contributed by atoms with van der Waals surface area (Å²) in [5.74, 6) is 0.359. The van der Waals surface area contributed by atoms with E-state index in [1.807, 2.05) is 43.3 Å². The van der Waals surface area contributed by atoms with Gasteiger partial charge in [-0.1, -0.05) is 6.07 Å². The van der Waals surface area contributed by atoms with E-state index in [0.29, 0.717) is 38.7 Å². The van der Waals surface area contributed by atoms with Gasteiger partial charge in [0.05, 0.1) is 18.7 Å². The van der Waals surface area contributed by atoms with Gasteiger partial charge in [-0.3, -0.25) is 9.97 Å². The maximum absolute atomic E-state index is 13.5. The summed E-state index contributed by atoms with van der Waals surface area (Å²) in [5, 5.41) is 4.07. The standard InChI is InChI=1S/C25H25N5O3S/c1-2-27-25-24(34(31,32)30-11-13-33-14-12-30)16-20(17-29-25)19-3-4-23-22(15-19)21(7-10-28-23)18-5-8-26-9-6-18/h3-10,15-17H,2,11-14H2,1H3,(H,27,29). The van der Waals surface area contributed by atoms with E-state index >= 15 is 0 Å². The van der Waals surface area contributed by atoms with Crippen molar-refractivity contribution in [1.29, 1.82) is 0 Å². The van der Waals surface area contributed by atoms with Gasteiger partial charge in [0.25, 0.3) is 0 Å². The highest BCUT2D eigenvalue weighted by Crippen LogP contribution is 2.33. The van der Waals surface area contributed by atoms with Crippen LogP contribution in [0.15, 0.2) is 72.1 Å². The zero-order valence-electron chi connectivity index (χ0n) is 18.8. The summed E-state index contributed by atoms with van der Waals surface area (Å²) in [5.41, 5.74) is 4.52. The van der Waals surface area contributed by atoms with Gasteiger partial charge in [-0.05, 0) is 60.0 Å². The summed E-state index contributed by atoms with van der Waals surface area (Å²) < 4.78 is 33.8. The van der Waals surface area contributed by atoms with Crippen molar-refractivity contribution in [3.63, 3.8) is 0 Å². The topological polar surface area (TPSA) is 97.3 Å². The lowest BCUT2D eigenvalue weighted by molar-refractivity contribution is 0.0730. The molecule has 1 aliphatic rings. The van der Waals surface area contributed by atoms with Crippen molar-refractivity contribution in [2.75, 3.05) is 38.2 Å². The van der Waals surface area contributed by atoms with Crippen molar-refractivity contribution in [3.8, 4) is 22.3 Å². The van der Waals surface area contributed by atoms with E-state index in [4.69, 9.17) is 4.74 Å². The number of pyridine rings is 3. The molecule has 0 amide bonds. The van der Waals surface area contributed by atoms with Crippen LogP contribution in [0.5, 0.6) is 0 Å². The van der Waals surface area contributed by atoms with E-state index < -0.39 is 10.0 Å². The van der Waals surface area contributed by atoms with Crippen LogP contribution < -0.4 is 5.32 Å². The largest absolute Gasteiger partial charge is 0.379 e. The number of nitrogens with zero attached hydrogens (tertiary/aromatic N) is 4. The highest BCUT2D eigenvalue weighted by atomic mass is 32.2. The first-order valence-electron chi connectivity index (χ1n) is 11.2. The first-order chi connectivity index (χ1) is 16.6. The predicted molar refractivity (Wildman–Crippen MR) is 132 cm³/mol. The Morgan fingerprint density at radius 3 is 2.50 bits per heavy atom. The van der Waals surface area contributed by atoms with Crippen LogP contribution in [-0.4, -0.2) is 60.5 Å². The van der Waals surface area contributed by atoms with Gasteiger partial charge in [0.2, 0.25) is 10.0 Å². The molecule has 9 heteroatoms. The summed E-state index contributed by atoms with van der Waals surface area (Å²) in [6.07, 6.45) is 7.02. The predicted octanol–water partition coefficient (Wildman–Crippen LogP) is 3.81. The first kappa shape index (κ1) is 22.4. The Balaban J connectivity index is 1.63. The van der Waals surface area contributed by atoms with Crippen molar-refractivity contribution in [2.24, 2.45) is 0 Å². The number of ether oxygens (including phenoxy) is 1. The molecule has 0 atom stereocenters. The number of hydrogen-bond donors (Lipinski definition) is 1. The van der Waals surface area contributed by atoms with Gasteiger partial charge < -0.3 is 10.1 Å². The van der Waals surface area contributed by atoms with E-state index in [2.05, 4.69) is 20.3 Å². The zero-order valence-corrected chi connectivity index (χ0v) is 19.6. The average molecular weight is 476 g/mol. The number of rotatable bonds is 6. The molecule has 1 fully saturated rings. The van der Waals surface area contributed by atoms with Crippen LogP contribution >= 0.6 is 0 Å². The molecular weight excluding hydrogens is 450 g/mol. The van der Waals surface area contributed by atoms with Gasteiger partial charge >= 0.3 is 0 Å². The molecule has 1 N–H and O–H groups in total. The molecule has 4 aromatic rings. The van der Waals surface area contributed by atoms with E-state index in [9.17, 15) is 8.42 Å². The Morgan fingerprint density at radius 1 is 0.941 bits per heavy atom. The fraction of sp³-hybridized carbons (Fsp3) is 0.240. The van der Waals surface area contributed by atoms with Gasteiger partial charge in [-0.2, -0.15) is 4.31 Å². The van der Waals surface area contributed by atoms with Crippen molar-refractivity contribution in [3.05, 3.63) is 67.3 Å². The smallest absolute Gasteiger partial charge is 0.246 e. The van der Waals surface area contributed by atoms with Gasteiger partial charge in [0.15, 0.2) is 0 Å². The van der Waals surface area contributed by atoms with Gasteiger partial charge in [-0.25, -0.2) is 13.4 Å². The molecule has 1 saturated heterocycles. The SMILES string of the molecule is CCNc1ncc(-c2ccc3nccc(-c4ccncc4)c3c2)cc1S(=O)(=O)N1CCOCC1. The molecular formula is C25H25N5O3S. The average Bonchev–Trinajstić information content (AvgIpc) is 2.89. The number of morpholine rings is 1. The van der Waals surface area contributed by atoms with Crippen LogP contribution in [-0.2, 0) is 14.8 Å². The molecule has 0 unspecified atom stereocenters. The molecule has 3 aromatic heterocycles. The Hall–Kier alpha value is -3.40. The lowest BCUT2D eigenvalue weighted by Crippen LogP contribution is -2.40. The van der Waals surface area contributed by atoms with Gasteiger partial charge in [0, 0.05) is 55.4 Å². The highest BCUT2D eigenvalue weighted by molar-refractivity contribution is 7.89. The minimum absolute atomic E-state index is 0.175. The molecule has 5 rings (SSSR count). The van der Waals surface area contributed by atoms with Crippen molar-refractivity contribution in [1.82, 2.24) is 19.3 Å². The van der Waals surface area contributed by atoms with Gasteiger partial charge in [-0.15, -0.1) is 0 Å². The van der Waals surface area contributed by atoms with Crippen molar-refractivity contribution >= 4 is 26.7 Å². The fourth-order valence-electron chi connectivity index (χ4n) is 4.13. The minimum atomic E-state index is -3.73. The van der Waals surface area contributed by atoms with Crippen molar-refractivity contribution < 1.29 is 13.2 Å². The Labute approximate surface area is 198 Å². The quantitative estimate of drug-likeness (QED) is 0.453. The maximum atomic E-state index is 13.5. The van der Waals surface area contributed by atoms with Crippen LogP contribution in [0, 0.1) is 0 Å². The monoisotopic (exact) mass is 475 g/mol. The number of fused-ring (bicyclic) bond motifs is 1.